The second-order valence-electron chi connectivity index (χ2n) is 4.90. The second kappa shape index (κ2) is 5.40. The number of benzene rings is 1. The van der Waals surface area contributed by atoms with E-state index >= 15 is 0 Å². The van der Waals surface area contributed by atoms with Crippen molar-refractivity contribution in [2.75, 3.05) is 6.61 Å². The molecule has 1 aliphatic rings. The lowest BCUT2D eigenvalue weighted by molar-refractivity contribution is -0.119. The number of carbonyl (C=O) groups excluding carboxylic acids is 2. The zero-order chi connectivity index (χ0) is 15.7. The average Bonchev–Trinajstić information content (AvgIpc) is 3.02. The number of fused-ring (bicyclic) bond motifs is 1. The van der Waals surface area contributed by atoms with Gasteiger partial charge in [-0.15, -0.1) is 0 Å². The van der Waals surface area contributed by atoms with E-state index in [9.17, 15) is 9.59 Å². The van der Waals surface area contributed by atoms with Crippen molar-refractivity contribution in [2.45, 2.75) is 0 Å². The van der Waals surface area contributed by atoms with Crippen LogP contribution >= 0.6 is 0 Å². The Balaban J connectivity index is 1.86. The SMILES string of the molecule is Cn1cccc1/C=C1\Oc2cc(OCC(N)=O)ccc2C1=O. The molecule has 3 rings (SSSR count). The fraction of sp³-hybridized carbons (Fsp3) is 0.125. The molecule has 0 fully saturated rings. The first kappa shape index (κ1) is 13.9. The van der Waals surface area contributed by atoms with Crippen molar-refractivity contribution in [1.82, 2.24) is 4.57 Å². The number of nitrogens with two attached hydrogens (primary N) is 1. The highest BCUT2D eigenvalue weighted by atomic mass is 16.5. The third kappa shape index (κ3) is 2.58. The van der Waals surface area contributed by atoms with Gasteiger partial charge in [0.1, 0.15) is 11.5 Å². The number of ketones is 1. The largest absolute Gasteiger partial charge is 0.484 e. The van der Waals surface area contributed by atoms with Gasteiger partial charge in [-0.05, 0) is 24.3 Å². The lowest BCUT2D eigenvalue weighted by Gasteiger charge is -2.04. The molecule has 0 bridgehead atoms. The van der Waals surface area contributed by atoms with E-state index < -0.39 is 5.91 Å². The van der Waals surface area contributed by atoms with Gasteiger partial charge in [0, 0.05) is 31.1 Å². The number of hydrogen-bond donors (Lipinski definition) is 1. The van der Waals surface area contributed by atoms with Gasteiger partial charge in [-0.1, -0.05) is 0 Å². The Hall–Kier alpha value is -3.02. The van der Waals surface area contributed by atoms with E-state index in [-0.39, 0.29) is 18.1 Å². The van der Waals surface area contributed by atoms with Crippen molar-refractivity contribution in [2.24, 2.45) is 12.8 Å². The van der Waals surface area contributed by atoms with Crippen LogP contribution in [-0.2, 0) is 11.8 Å². The van der Waals surface area contributed by atoms with Crippen molar-refractivity contribution in [3.63, 3.8) is 0 Å². The minimum Gasteiger partial charge on any atom is -0.484 e. The average molecular weight is 298 g/mol. The summed E-state index contributed by atoms with van der Waals surface area (Å²) in [6.45, 7) is -0.223. The van der Waals surface area contributed by atoms with Crippen LogP contribution in [0.2, 0.25) is 0 Å². The first-order valence-electron chi connectivity index (χ1n) is 6.65. The maximum absolute atomic E-state index is 12.3. The summed E-state index contributed by atoms with van der Waals surface area (Å²) in [5.74, 6) is 0.334. The molecule has 1 amide bonds. The van der Waals surface area contributed by atoms with Crippen LogP contribution in [0.5, 0.6) is 11.5 Å². The highest BCUT2D eigenvalue weighted by molar-refractivity contribution is 6.14. The highest BCUT2D eigenvalue weighted by Crippen LogP contribution is 2.34. The van der Waals surface area contributed by atoms with Gasteiger partial charge < -0.3 is 19.8 Å². The monoisotopic (exact) mass is 298 g/mol. The molecule has 0 saturated carbocycles. The van der Waals surface area contributed by atoms with Crippen LogP contribution in [0.1, 0.15) is 16.1 Å². The fourth-order valence-corrected chi connectivity index (χ4v) is 2.17. The number of Topliss-reactive ketones (excluding diaryl/α,β-unsaturated/α-hetero) is 1. The molecule has 1 aromatic heterocycles. The van der Waals surface area contributed by atoms with Gasteiger partial charge in [0.2, 0.25) is 5.78 Å². The van der Waals surface area contributed by atoms with Gasteiger partial charge in [-0.25, -0.2) is 0 Å². The summed E-state index contributed by atoms with van der Waals surface area (Å²) in [4.78, 5) is 23.0. The van der Waals surface area contributed by atoms with Crippen molar-refractivity contribution < 1.29 is 19.1 Å². The molecule has 2 aromatic rings. The van der Waals surface area contributed by atoms with Gasteiger partial charge in [0.05, 0.1) is 5.56 Å². The summed E-state index contributed by atoms with van der Waals surface area (Å²) < 4.78 is 12.7. The van der Waals surface area contributed by atoms with Crippen LogP contribution in [0.4, 0.5) is 0 Å². The number of amides is 1. The normalized spacial score (nSPS) is 14.8. The zero-order valence-electron chi connectivity index (χ0n) is 11.9. The summed E-state index contributed by atoms with van der Waals surface area (Å²) in [6.07, 6.45) is 3.57. The Bertz CT molecular complexity index is 789. The maximum Gasteiger partial charge on any atom is 0.255 e. The van der Waals surface area contributed by atoms with Crippen LogP contribution < -0.4 is 15.2 Å². The molecule has 1 aromatic carbocycles. The Labute approximate surface area is 126 Å². The Morgan fingerprint density at radius 1 is 1.41 bits per heavy atom. The summed E-state index contributed by atoms with van der Waals surface area (Å²) in [5, 5.41) is 0. The first-order valence-corrected chi connectivity index (χ1v) is 6.65. The number of carbonyl (C=O) groups is 2. The van der Waals surface area contributed by atoms with Crippen LogP contribution in [0.3, 0.4) is 0 Å². The third-order valence-corrected chi connectivity index (χ3v) is 3.29. The topological polar surface area (TPSA) is 83.5 Å². The number of aromatic nitrogens is 1. The molecule has 0 atom stereocenters. The van der Waals surface area contributed by atoms with Crippen LogP contribution in [0.15, 0.2) is 42.3 Å². The molecular weight excluding hydrogens is 284 g/mol. The Morgan fingerprint density at radius 3 is 2.91 bits per heavy atom. The van der Waals surface area contributed by atoms with Crippen molar-refractivity contribution in [3.8, 4) is 11.5 Å². The number of primary amides is 1. The molecule has 2 N–H and O–H groups in total. The van der Waals surface area contributed by atoms with Crippen LogP contribution in [-0.4, -0.2) is 22.9 Å². The smallest absolute Gasteiger partial charge is 0.255 e. The summed E-state index contributed by atoms with van der Waals surface area (Å²) in [7, 11) is 1.88. The molecule has 22 heavy (non-hydrogen) atoms. The van der Waals surface area contributed by atoms with Crippen molar-refractivity contribution >= 4 is 17.8 Å². The van der Waals surface area contributed by atoms with Gasteiger partial charge in [-0.2, -0.15) is 0 Å². The highest BCUT2D eigenvalue weighted by Gasteiger charge is 2.28. The molecule has 112 valence electrons. The molecule has 1 aliphatic heterocycles. The quantitative estimate of drug-likeness (QED) is 0.867. The lowest BCUT2D eigenvalue weighted by atomic mass is 10.1. The molecule has 0 spiro atoms. The summed E-state index contributed by atoms with van der Waals surface area (Å²) in [5.41, 5.74) is 6.35. The molecule has 6 heteroatoms. The van der Waals surface area contributed by atoms with Crippen LogP contribution in [0, 0.1) is 0 Å². The van der Waals surface area contributed by atoms with Gasteiger partial charge in [0.25, 0.3) is 5.91 Å². The maximum atomic E-state index is 12.3. The van der Waals surface area contributed by atoms with Crippen molar-refractivity contribution in [1.29, 1.82) is 0 Å². The standard InChI is InChI=1S/C16H14N2O4/c1-18-6-2-3-10(18)7-14-16(20)12-5-4-11(8-13(12)22-14)21-9-15(17)19/h2-8H,9H2,1H3,(H2,17,19)/b14-7-. The first-order chi connectivity index (χ1) is 10.5. The minimum atomic E-state index is -0.568. The molecule has 2 heterocycles. The molecule has 0 radical (unpaired) electrons. The number of ether oxygens (including phenoxy) is 2. The predicted molar refractivity (Wildman–Crippen MR) is 79.5 cm³/mol. The van der Waals surface area contributed by atoms with Gasteiger partial charge in [0.15, 0.2) is 12.4 Å². The Morgan fingerprint density at radius 2 is 2.23 bits per heavy atom. The predicted octanol–water partition coefficient (Wildman–Crippen LogP) is 1.51. The number of rotatable bonds is 4. The number of hydrogen-bond acceptors (Lipinski definition) is 4. The minimum absolute atomic E-state index is 0.183. The van der Waals surface area contributed by atoms with E-state index in [0.717, 1.165) is 5.69 Å². The number of aryl methyl sites for hydroxylation is 1. The summed E-state index contributed by atoms with van der Waals surface area (Å²) in [6, 6.07) is 8.55. The summed E-state index contributed by atoms with van der Waals surface area (Å²) >= 11 is 0. The van der Waals surface area contributed by atoms with E-state index in [1.165, 1.54) is 0 Å². The van der Waals surface area contributed by atoms with Crippen molar-refractivity contribution in [3.05, 3.63) is 53.5 Å². The van der Waals surface area contributed by atoms with E-state index in [1.807, 2.05) is 29.9 Å². The van der Waals surface area contributed by atoms with Crippen LogP contribution in [0.25, 0.3) is 6.08 Å². The van der Waals surface area contributed by atoms with E-state index in [0.29, 0.717) is 17.1 Å². The second-order valence-corrected chi connectivity index (χ2v) is 4.90. The molecule has 0 aliphatic carbocycles. The molecular formula is C16H14N2O4. The molecule has 6 nitrogen and oxygen atoms in total. The third-order valence-electron chi connectivity index (χ3n) is 3.29. The number of allylic oxidation sites excluding steroid dienone is 1. The molecule has 0 unspecified atom stereocenters. The Kier molecular flexibility index (Phi) is 3.42. The van der Waals surface area contributed by atoms with E-state index in [2.05, 4.69) is 0 Å². The van der Waals surface area contributed by atoms with E-state index in [4.69, 9.17) is 15.2 Å². The zero-order valence-corrected chi connectivity index (χ0v) is 11.9. The number of nitrogens with zero attached hydrogens (tertiary/aromatic N) is 1. The fourth-order valence-electron chi connectivity index (χ4n) is 2.17. The van der Waals surface area contributed by atoms with Gasteiger partial charge >= 0.3 is 0 Å². The lowest BCUT2D eigenvalue weighted by Crippen LogP contribution is -2.19. The van der Waals surface area contributed by atoms with E-state index in [1.54, 1.807) is 24.3 Å². The van der Waals surface area contributed by atoms with Gasteiger partial charge in [-0.3, -0.25) is 9.59 Å². The molecule has 0 saturated heterocycles.